The molecule has 1 saturated carbocycles. The van der Waals surface area contributed by atoms with Crippen LogP contribution in [-0.2, 0) is 4.79 Å². The Bertz CT molecular complexity index is 419. The smallest absolute Gasteiger partial charge is 0.307 e. The van der Waals surface area contributed by atoms with Gasteiger partial charge in [-0.15, -0.1) is 0 Å². The molecule has 1 heterocycles. The van der Waals surface area contributed by atoms with Gasteiger partial charge in [-0.2, -0.15) is 0 Å². The van der Waals surface area contributed by atoms with Gasteiger partial charge in [-0.05, 0) is 30.4 Å². The number of carbonyl (C=O) groups is 1. The van der Waals surface area contributed by atoms with E-state index in [1.165, 1.54) is 0 Å². The van der Waals surface area contributed by atoms with Crippen LogP contribution in [0.5, 0.6) is 5.75 Å². The van der Waals surface area contributed by atoms with Gasteiger partial charge in [-0.25, -0.2) is 0 Å². The topological polar surface area (TPSA) is 59.4 Å². The Hall–Kier alpha value is -1.58. The Morgan fingerprint density at radius 2 is 2.11 bits per heavy atom. The molecule has 2 rings (SSSR count). The molecule has 1 aromatic rings. The van der Waals surface area contributed by atoms with Crippen LogP contribution >= 0.6 is 0 Å². The standard InChI is InChI=1S/C14H19NO3/c1-18-11-7-10(8-15-9-11)12-5-3-2-4-6-13(12)14(16)17/h7-9,12-13H,2-6H2,1H3,(H,16,17). The summed E-state index contributed by atoms with van der Waals surface area (Å²) in [5.41, 5.74) is 0.989. The lowest BCUT2D eigenvalue weighted by atomic mass is 9.83. The van der Waals surface area contributed by atoms with Crippen molar-refractivity contribution in [2.75, 3.05) is 7.11 Å². The SMILES string of the molecule is COc1cncc(C2CCCCCC2C(=O)O)c1. The number of hydrogen-bond donors (Lipinski definition) is 1. The van der Waals surface area contributed by atoms with Crippen LogP contribution in [0.3, 0.4) is 0 Å². The quantitative estimate of drug-likeness (QED) is 0.837. The molecule has 0 amide bonds. The van der Waals surface area contributed by atoms with E-state index in [0.29, 0.717) is 5.75 Å². The molecule has 4 heteroatoms. The molecule has 98 valence electrons. The third-order valence-electron chi connectivity index (χ3n) is 3.73. The highest BCUT2D eigenvalue weighted by Crippen LogP contribution is 2.37. The first-order chi connectivity index (χ1) is 8.72. The molecule has 0 radical (unpaired) electrons. The molecular formula is C14H19NO3. The number of carboxylic acid groups (broad SMARTS) is 1. The largest absolute Gasteiger partial charge is 0.495 e. The van der Waals surface area contributed by atoms with Crippen LogP contribution in [0, 0.1) is 5.92 Å². The number of methoxy groups -OCH3 is 1. The maximum absolute atomic E-state index is 11.4. The average Bonchev–Trinajstić information content (AvgIpc) is 2.64. The van der Waals surface area contributed by atoms with Crippen molar-refractivity contribution in [3.8, 4) is 5.75 Å². The summed E-state index contributed by atoms with van der Waals surface area (Å²) in [4.78, 5) is 15.5. The molecule has 0 bridgehead atoms. The minimum atomic E-state index is -0.690. The van der Waals surface area contributed by atoms with Crippen LogP contribution in [0.1, 0.15) is 43.6 Å². The predicted octanol–water partition coefficient (Wildman–Crippen LogP) is 2.84. The molecule has 1 aliphatic rings. The molecular weight excluding hydrogens is 230 g/mol. The minimum absolute atomic E-state index is 0.0626. The molecule has 0 spiro atoms. The van der Waals surface area contributed by atoms with Gasteiger partial charge in [0, 0.05) is 6.20 Å². The zero-order valence-corrected chi connectivity index (χ0v) is 10.6. The van der Waals surface area contributed by atoms with Crippen LogP contribution in [0.25, 0.3) is 0 Å². The normalized spacial score (nSPS) is 24.3. The van der Waals surface area contributed by atoms with Gasteiger partial charge in [0.05, 0.1) is 19.2 Å². The fourth-order valence-electron chi connectivity index (χ4n) is 2.75. The van der Waals surface area contributed by atoms with E-state index in [9.17, 15) is 9.90 Å². The van der Waals surface area contributed by atoms with E-state index in [0.717, 1.165) is 37.7 Å². The summed E-state index contributed by atoms with van der Waals surface area (Å²) in [5, 5.41) is 9.37. The van der Waals surface area contributed by atoms with E-state index in [4.69, 9.17) is 4.74 Å². The summed E-state index contributed by atoms with van der Waals surface area (Å²) in [6.45, 7) is 0. The zero-order valence-electron chi connectivity index (χ0n) is 10.6. The van der Waals surface area contributed by atoms with Crippen LogP contribution in [0.2, 0.25) is 0 Å². The van der Waals surface area contributed by atoms with E-state index < -0.39 is 5.97 Å². The highest BCUT2D eigenvalue weighted by molar-refractivity contribution is 5.71. The molecule has 0 aliphatic heterocycles. The first-order valence-corrected chi connectivity index (χ1v) is 6.44. The van der Waals surface area contributed by atoms with Crippen molar-refractivity contribution < 1.29 is 14.6 Å². The maximum Gasteiger partial charge on any atom is 0.307 e. The van der Waals surface area contributed by atoms with Gasteiger partial charge in [0.25, 0.3) is 0 Å². The van der Waals surface area contributed by atoms with E-state index >= 15 is 0 Å². The summed E-state index contributed by atoms with van der Waals surface area (Å²) in [6.07, 6.45) is 8.32. The molecule has 1 N–H and O–H groups in total. The van der Waals surface area contributed by atoms with Gasteiger partial charge >= 0.3 is 5.97 Å². The molecule has 18 heavy (non-hydrogen) atoms. The van der Waals surface area contributed by atoms with Crippen molar-refractivity contribution in [3.05, 3.63) is 24.0 Å². The van der Waals surface area contributed by atoms with Crippen molar-refractivity contribution in [2.24, 2.45) is 5.92 Å². The number of pyridine rings is 1. The van der Waals surface area contributed by atoms with Crippen LogP contribution in [0.4, 0.5) is 0 Å². The fourth-order valence-corrected chi connectivity index (χ4v) is 2.75. The van der Waals surface area contributed by atoms with Crippen LogP contribution in [0.15, 0.2) is 18.5 Å². The van der Waals surface area contributed by atoms with Crippen molar-refractivity contribution in [2.45, 2.75) is 38.0 Å². The number of nitrogens with zero attached hydrogens (tertiary/aromatic N) is 1. The second kappa shape index (κ2) is 5.85. The fraction of sp³-hybridized carbons (Fsp3) is 0.571. The number of aliphatic carboxylic acids is 1. The van der Waals surface area contributed by atoms with Crippen molar-refractivity contribution >= 4 is 5.97 Å². The van der Waals surface area contributed by atoms with Crippen LogP contribution < -0.4 is 4.74 Å². The van der Waals surface area contributed by atoms with E-state index in [2.05, 4.69) is 4.98 Å². The first kappa shape index (κ1) is 12.9. The number of aromatic nitrogens is 1. The molecule has 1 aliphatic carbocycles. The first-order valence-electron chi connectivity index (χ1n) is 6.44. The van der Waals surface area contributed by atoms with E-state index in [1.54, 1.807) is 19.5 Å². The van der Waals surface area contributed by atoms with Crippen molar-refractivity contribution in [3.63, 3.8) is 0 Å². The van der Waals surface area contributed by atoms with Crippen molar-refractivity contribution in [1.82, 2.24) is 4.98 Å². The van der Waals surface area contributed by atoms with Gasteiger partial charge in [-0.1, -0.05) is 19.3 Å². The lowest BCUT2D eigenvalue weighted by molar-refractivity contribution is -0.142. The average molecular weight is 249 g/mol. The molecule has 0 aromatic carbocycles. The Morgan fingerprint density at radius 3 is 2.83 bits per heavy atom. The third kappa shape index (κ3) is 2.81. The Labute approximate surface area is 107 Å². The minimum Gasteiger partial charge on any atom is -0.495 e. The van der Waals surface area contributed by atoms with Crippen LogP contribution in [-0.4, -0.2) is 23.2 Å². The third-order valence-corrected chi connectivity index (χ3v) is 3.73. The second-order valence-corrected chi connectivity index (χ2v) is 4.85. The van der Waals surface area contributed by atoms with Gasteiger partial charge < -0.3 is 9.84 Å². The number of hydrogen-bond acceptors (Lipinski definition) is 3. The maximum atomic E-state index is 11.4. The highest BCUT2D eigenvalue weighted by atomic mass is 16.5. The van der Waals surface area contributed by atoms with E-state index in [1.807, 2.05) is 6.07 Å². The number of carboxylic acids is 1. The van der Waals surface area contributed by atoms with Gasteiger partial charge in [0.15, 0.2) is 0 Å². The lowest BCUT2D eigenvalue weighted by Gasteiger charge is -2.21. The monoisotopic (exact) mass is 249 g/mol. The van der Waals surface area contributed by atoms with Crippen molar-refractivity contribution in [1.29, 1.82) is 0 Å². The molecule has 2 atom stereocenters. The van der Waals surface area contributed by atoms with Gasteiger partial charge in [-0.3, -0.25) is 9.78 Å². The summed E-state index contributed by atoms with van der Waals surface area (Å²) in [6, 6.07) is 1.92. The lowest BCUT2D eigenvalue weighted by Crippen LogP contribution is -2.21. The number of ether oxygens (including phenoxy) is 1. The predicted molar refractivity (Wildman–Crippen MR) is 67.7 cm³/mol. The summed E-state index contributed by atoms with van der Waals surface area (Å²) >= 11 is 0. The van der Waals surface area contributed by atoms with Gasteiger partial charge in [0.1, 0.15) is 5.75 Å². The molecule has 1 fully saturated rings. The number of rotatable bonds is 3. The molecule has 1 aromatic heterocycles. The summed E-state index contributed by atoms with van der Waals surface area (Å²) < 4.78 is 5.16. The Kier molecular flexibility index (Phi) is 4.18. The zero-order chi connectivity index (χ0) is 13.0. The Morgan fingerprint density at radius 1 is 1.33 bits per heavy atom. The molecule has 4 nitrogen and oxygen atoms in total. The molecule has 2 unspecified atom stereocenters. The highest BCUT2D eigenvalue weighted by Gasteiger charge is 2.30. The van der Waals surface area contributed by atoms with Gasteiger partial charge in [0.2, 0.25) is 0 Å². The second-order valence-electron chi connectivity index (χ2n) is 4.85. The molecule has 0 saturated heterocycles. The summed E-state index contributed by atoms with van der Waals surface area (Å²) in [5.74, 6) is -0.223. The summed E-state index contributed by atoms with van der Waals surface area (Å²) in [7, 11) is 1.60. The Balaban J connectivity index is 2.28. The van der Waals surface area contributed by atoms with E-state index in [-0.39, 0.29) is 11.8 Å².